The van der Waals surface area contributed by atoms with Gasteiger partial charge in [-0.3, -0.25) is 10.3 Å². The zero-order chi connectivity index (χ0) is 22.5. The second-order valence-corrected chi connectivity index (χ2v) is 8.52. The van der Waals surface area contributed by atoms with Crippen LogP contribution in [0.5, 0.6) is 0 Å². The number of hydrogen-bond donors (Lipinski definition) is 2. The largest absolute Gasteiger partial charge is 0.542 e. The van der Waals surface area contributed by atoms with Crippen LogP contribution >= 0.6 is 0 Å². The van der Waals surface area contributed by atoms with Crippen molar-refractivity contribution in [3.05, 3.63) is 12.2 Å². The maximum absolute atomic E-state index is 12.6. The fraction of sp³-hybridized carbons (Fsp3) is 0.750. The first-order valence-corrected chi connectivity index (χ1v) is 10.4. The molecule has 2 aliphatic heterocycles. The number of carbonyl (C=O) groups excluding carboxylic acids is 2. The van der Waals surface area contributed by atoms with Gasteiger partial charge in [-0.15, -0.1) is 0 Å². The molecule has 2 atom stereocenters. The maximum atomic E-state index is 12.6. The highest BCUT2D eigenvalue weighted by atomic mass is 19.4. The number of carboxylic acids is 1. The number of hydrogen-bond acceptors (Lipinski definition) is 4. The summed E-state index contributed by atoms with van der Waals surface area (Å²) in [6.07, 6.45) is 2.95. The van der Waals surface area contributed by atoms with Gasteiger partial charge in [0.15, 0.2) is 0 Å². The lowest BCUT2D eigenvalue weighted by atomic mass is 9.82. The molecule has 0 bridgehead atoms. The molecular weight excluding hydrogens is 401 g/mol. The Balaban J connectivity index is 0.000000396. The summed E-state index contributed by atoms with van der Waals surface area (Å²) in [5.41, 5.74) is 0.794. The molecule has 0 aromatic carbocycles. The van der Waals surface area contributed by atoms with Crippen molar-refractivity contribution in [2.75, 3.05) is 13.1 Å². The van der Waals surface area contributed by atoms with E-state index in [0.717, 1.165) is 43.6 Å². The molecule has 3 fully saturated rings. The van der Waals surface area contributed by atoms with Gasteiger partial charge < -0.3 is 20.1 Å². The second-order valence-electron chi connectivity index (χ2n) is 8.52. The Morgan fingerprint density at radius 2 is 1.97 bits per heavy atom. The summed E-state index contributed by atoms with van der Waals surface area (Å²) in [4.78, 5) is 28.5. The Morgan fingerprint density at radius 3 is 2.47 bits per heavy atom. The number of rotatable bonds is 3. The molecule has 2 amide bonds. The number of quaternary nitrogens is 1. The van der Waals surface area contributed by atoms with Crippen molar-refractivity contribution in [3.8, 4) is 0 Å². The topological polar surface area (TPSA) is 101 Å². The van der Waals surface area contributed by atoms with Gasteiger partial charge in [0.1, 0.15) is 17.3 Å². The molecule has 0 aromatic rings. The highest BCUT2D eigenvalue weighted by Crippen LogP contribution is 2.34. The van der Waals surface area contributed by atoms with Crippen molar-refractivity contribution in [2.24, 2.45) is 4.99 Å². The fourth-order valence-electron chi connectivity index (χ4n) is 4.43. The van der Waals surface area contributed by atoms with Gasteiger partial charge in [0.2, 0.25) is 0 Å². The van der Waals surface area contributed by atoms with Crippen LogP contribution in [-0.4, -0.2) is 59.6 Å². The van der Waals surface area contributed by atoms with E-state index >= 15 is 0 Å². The van der Waals surface area contributed by atoms with Crippen LogP contribution in [0.15, 0.2) is 17.1 Å². The minimum absolute atomic E-state index is 0.0108. The van der Waals surface area contributed by atoms with E-state index in [0.29, 0.717) is 18.6 Å². The van der Waals surface area contributed by atoms with Gasteiger partial charge in [-0.1, -0.05) is 31.4 Å². The molecule has 1 saturated carbocycles. The maximum Gasteiger partial charge on any atom is 0.430 e. The molecule has 1 spiro atoms. The van der Waals surface area contributed by atoms with E-state index in [-0.39, 0.29) is 11.6 Å². The van der Waals surface area contributed by atoms with Crippen LogP contribution in [0.1, 0.15) is 58.8 Å². The molecule has 10 heteroatoms. The van der Waals surface area contributed by atoms with Crippen molar-refractivity contribution in [2.45, 2.75) is 82.6 Å². The summed E-state index contributed by atoms with van der Waals surface area (Å²) < 4.78 is 31.5. The Kier molecular flexibility index (Phi) is 7.90. The predicted octanol–water partition coefficient (Wildman–Crippen LogP) is 1.10. The van der Waals surface area contributed by atoms with Gasteiger partial charge in [0, 0.05) is 19.4 Å². The van der Waals surface area contributed by atoms with Crippen molar-refractivity contribution < 1.29 is 33.2 Å². The van der Waals surface area contributed by atoms with E-state index < -0.39 is 12.1 Å². The Labute approximate surface area is 174 Å². The lowest BCUT2D eigenvalue weighted by molar-refractivity contribution is -0.696. The number of amides is 2. The Morgan fingerprint density at radius 1 is 1.37 bits per heavy atom. The SMILES string of the molecule is C=C(C)CN1C(=O)NC(=NC2CCCCC2)C12CC[NH2+]C(C)C2.O=C([O-])C(F)(F)F. The summed E-state index contributed by atoms with van der Waals surface area (Å²) in [5, 5.41) is 14.3. The lowest BCUT2D eigenvalue weighted by Crippen LogP contribution is -2.93. The van der Waals surface area contributed by atoms with Crippen LogP contribution in [-0.2, 0) is 4.79 Å². The number of amidine groups is 1. The van der Waals surface area contributed by atoms with Crippen molar-refractivity contribution in [1.82, 2.24) is 10.2 Å². The summed E-state index contributed by atoms with van der Waals surface area (Å²) in [5.74, 6) is -2.07. The van der Waals surface area contributed by atoms with E-state index in [2.05, 4.69) is 24.1 Å². The Hall–Kier alpha value is -2.10. The number of carbonyl (C=O) groups is 2. The first-order valence-electron chi connectivity index (χ1n) is 10.4. The molecule has 0 radical (unpaired) electrons. The van der Waals surface area contributed by atoms with E-state index in [9.17, 15) is 18.0 Å². The monoisotopic (exact) mass is 432 g/mol. The van der Waals surface area contributed by atoms with Crippen molar-refractivity contribution >= 4 is 17.8 Å². The Bertz CT molecular complexity index is 689. The normalized spacial score (nSPS) is 28.8. The number of nitrogens with zero attached hydrogens (tertiary/aromatic N) is 2. The quantitative estimate of drug-likeness (QED) is 0.653. The standard InChI is InChI=1S/C18H30N4O.C2HF3O2/c1-13(2)12-22-17(23)21-16(20-15-7-5-4-6-8-15)18(22)9-10-19-14(3)11-18;3-2(4,5)1(6)7/h14-15,19H,1,4-12H2,2-3H3,(H,20,21,23);(H,6,7). The van der Waals surface area contributed by atoms with Gasteiger partial charge in [-0.25, -0.2) is 4.79 Å². The number of aliphatic carboxylic acids is 1. The minimum atomic E-state index is -5.19. The van der Waals surface area contributed by atoms with Gasteiger partial charge in [0.05, 0.1) is 18.6 Å². The van der Waals surface area contributed by atoms with Crippen LogP contribution in [0.3, 0.4) is 0 Å². The molecule has 3 rings (SSSR count). The predicted molar refractivity (Wildman–Crippen MR) is 104 cm³/mol. The summed E-state index contributed by atoms with van der Waals surface area (Å²) in [6, 6.07) is 0.916. The highest BCUT2D eigenvalue weighted by Gasteiger charge is 2.53. The molecule has 0 aromatic heterocycles. The van der Waals surface area contributed by atoms with Crippen LogP contribution in [0.2, 0.25) is 0 Å². The summed E-state index contributed by atoms with van der Waals surface area (Å²) in [7, 11) is 0. The average molecular weight is 432 g/mol. The summed E-state index contributed by atoms with van der Waals surface area (Å²) >= 11 is 0. The molecule has 3 N–H and O–H groups in total. The molecular formula is C20H31F3N4O3. The van der Waals surface area contributed by atoms with Gasteiger partial charge >= 0.3 is 12.2 Å². The number of urea groups is 1. The molecule has 1 aliphatic carbocycles. The molecule has 7 nitrogen and oxygen atoms in total. The first kappa shape index (κ1) is 24.2. The van der Waals surface area contributed by atoms with E-state index in [1.807, 2.05) is 11.8 Å². The van der Waals surface area contributed by atoms with E-state index in [1.54, 1.807) is 0 Å². The first-order chi connectivity index (χ1) is 14.0. The average Bonchev–Trinajstić information content (AvgIpc) is 2.87. The number of nitrogens with two attached hydrogens (primary N) is 1. The number of carboxylic acid groups (broad SMARTS) is 1. The van der Waals surface area contributed by atoms with Crippen molar-refractivity contribution in [3.63, 3.8) is 0 Å². The molecule has 2 unspecified atom stereocenters. The number of nitrogens with one attached hydrogen (secondary N) is 1. The number of halogens is 3. The van der Waals surface area contributed by atoms with Crippen LogP contribution in [0.25, 0.3) is 0 Å². The van der Waals surface area contributed by atoms with Gasteiger partial charge in [-0.05, 0) is 26.7 Å². The van der Waals surface area contributed by atoms with Crippen LogP contribution in [0.4, 0.5) is 18.0 Å². The number of aliphatic imine (C=N–C) groups is 1. The van der Waals surface area contributed by atoms with E-state index in [1.165, 1.54) is 19.3 Å². The van der Waals surface area contributed by atoms with Crippen LogP contribution in [0, 0.1) is 0 Å². The zero-order valence-corrected chi connectivity index (χ0v) is 17.6. The number of alkyl halides is 3. The van der Waals surface area contributed by atoms with Gasteiger partial charge in [0.25, 0.3) is 0 Å². The zero-order valence-electron chi connectivity index (χ0n) is 17.6. The summed E-state index contributed by atoms with van der Waals surface area (Å²) in [6.45, 7) is 9.94. The third-order valence-electron chi connectivity index (χ3n) is 5.76. The molecule has 3 aliphatic rings. The molecule has 2 heterocycles. The number of piperidine rings is 1. The third kappa shape index (κ3) is 5.96. The lowest BCUT2D eigenvalue weighted by Gasteiger charge is -2.41. The third-order valence-corrected chi connectivity index (χ3v) is 5.76. The van der Waals surface area contributed by atoms with Gasteiger partial charge in [-0.2, -0.15) is 13.2 Å². The minimum Gasteiger partial charge on any atom is -0.542 e. The van der Waals surface area contributed by atoms with Crippen LogP contribution < -0.4 is 15.7 Å². The second kappa shape index (κ2) is 9.80. The van der Waals surface area contributed by atoms with Crippen molar-refractivity contribution in [1.29, 1.82) is 0 Å². The fourth-order valence-corrected chi connectivity index (χ4v) is 4.43. The molecule has 2 saturated heterocycles. The molecule has 170 valence electrons. The van der Waals surface area contributed by atoms with E-state index in [4.69, 9.17) is 14.9 Å². The molecule has 30 heavy (non-hydrogen) atoms. The highest BCUT2D eigenvalue weighted by molar-refractivity contribution is 6.10. The smallest absolute Gasteiger partial charge is 0.430 e.